The predicted molar refractivity (Wildman–Crippen MR) is 86.3 cm³/mol. The normalized spacial score (nSPS) is 24.9. The lowest BCUT2D eigenvalue weighted by Crippen LogP contribution is -2.52. The maximum Gasteiger partial charge on any atom is 0.102 e. The second-order valence-corrected chi connectivity index (χ2v) is 7.57. The lowest BCUT2D eigenvalue weighted by molar-refractivity contribution is -0.917. The van der Waals surface area contributed by atoms with E-state index in [1.165, 1.54) is 80.3 Å². The van der Waals surface area contributed by atoms with Gasteiger partial charge in [0.05, 0.1) is 53.6 Å². The Hall–Kier alpha value is -0.160. The summed E-state index contributed by atoms with van der Waals surface area (Å²) in [4.78, 5) is 0. The third-order valence-electron chi connectivity index (χ3n) is 5.50. The Morgan fingerprint density at radius 3 is 1.29 bits per heavy atom. The topological polar surface area (TPSA) is 18.5 Å². The lowest BCUT2D eigenvalue weighted by Gasteiger charge is -2.38. The molecule has 0 aromatic heterocycles. The molecule has 0 aromatic carbocycles. The largest absolute Gasteiger partial charge is 0.370 e. The molecule has 0 aromatic rings. The summed E-state index contributed by atoms with van der Waals surface area (Å²) in [6.45, 7) is 11.3. The molecular formula is C17H36N2O2+2. The van der Waals surface area contributed by atoms with Gasteiger partial charge in [0.25, 0.3) is 0 Å². The number of ether oxygens (including phenoxy) is 2. The van der Waals surface area contributed by atoms with Gasteiger partial charge < -0.3 is 18.4 Å². The molecule has 0 atom stereocenters. The van der Waals surface area contributed by atoms with Crippen LogP contribution in [-0.2, 0) is 9.47 Å². The monoisotopic (exact) mass is 300 g/mol. The summed E-state index contributed by atoms with van der Waals surface area (Å²) in [7, 11) is 4.79. The van der Waals surface area contributed by atoms with Crippen LogP contribution in [0.1, 0.15) is 32.1 Å². The Labute approximate surface area is 131 Å². The first kappa shape index (κ1) is 17.2. The molecule has 0 radical (unpaired) electrons. The van der Waals surface area contributed by atoms with Gasteiger partial charge in [0.1, 0.15) is 26.2 Å². The van der Waals surface area contributed by atoms with Crippen LogP contribution < -0.4 is 0 Å². The van der Waals surface area contributed by atoms with Gasteiger partial charge in [0.15, 0.2) is 0 Å². The fourth-order valence-corrected chi connectivity index (χ4v) is 3.53. The van der Waals surface area contributed by atoms with Crippen LogP contribution in [0.25, 0.3) is 0 Å². The van der Waals surface area contributed by atoms with Crippen molar-refractivity contribution in [2.45, 2.75) is 32.1 Å². The smallest absolute Gasteiger partial charge is 0.102 e. The van der Waals surface area contributed by atoms with Crippen molar-refractivity contribution in [3.05, 3.63) is 0 Å². The van der Waals surface area contributed by atoms with Crippen molar-refractivity contribution in [3.8, 4) is 0 Å². The summed E-state index contributed by atoms with van der Waals surface area (Å²) < 4.78 is 13.4. The van der Waals surface area contributed by atoms with Crippen LogP contribution in [0.5, 0.6) is 0 Å². The van der Waals surface area contributed by atoms with Gasteiger partial charge in [0.2, 0.25) is 0 Å². The number of unbranched alkanes of at least 4 members (excludes halogenated alkanes) is 4. The van der Waals surface area contributed by atoms with E-state index in [0.717, 1.165) is 26.4 Å². The second kappa shape index (κ2) is 8.47. The van der Waals surface area contributed by atoms with Crippen LogP contribution >= 0.6 is 0 Å². The molecule has 0 unspecified atom stereocenters. The lowest BCUT2D eigenvalue weighted by atomic mass is 10.1. The van der Waals surface area contributed by atoms with Gasteiger partial charge in [-0.25, -0.2) is 0 Å². The zero-order valence-corrected chi connectivity index (χ0v) is 14.3. The van der Waals surface area contributed by atoms with E-state index in [-0.39, 0.29) is 0 Å². The first-order valence-corrected chi connectivity index (χ1v) is 8.95. The molecule has 21 heavy (non-hydrogen) atoms. The van der Waals surface area contributed by atoms with E-state index in [2.05, 4.69) is 14.1 Å². The minimum Gasteiger partial charge on any atom is -0.370 e. The van der Waals surface area contributed by atoms with E-state index in [9.17, 15) is 0 Å². The molecule has 4 heteroatoms. The molecule has 2 fully saturated rings. The molecule has 2 saturated heterocycles. The highest BCUT2D eigenvalue weighted by Crippen LogP contribution is 2.14. The zero-order chi connectivity index (χ0) is 15.0. The third-order valence-corrected chi connectivity index (χ3v) is 5.50. The van der Waals surface area contributed by atoms with Crippen molar-refractivity contribution in [2.24, 2.45) is 0 Å². The van der Waals surface area contributed by atoms with Crippen LogP contribution in [0.3, 0.4) is 0 Å². The fourth-order valence-electron chi connectivity index (χ4n) is 3.53. The molecule has 0 spiro atoms. The van der Waals surface area contributed by atoms with E-state index in [0.29, 0.717) is 0 Å². The molecule has 2 aliphatic heterocycles. The van der Waals surface area contributed by atoms with Gasteiger partial charge in [-0.3, -0.25) is 0 Å². The second-order valence-electron chi connectivity index (χ2n) is 7.57. The molecule has 0 bridgehead atoms. The van der Waals surface area contributed by atoms with E-state index in [4.69, 9.17) is 9.47 Å². The van der Waals surface area contributed by atoms with Crippen molar-refractivity contribution in [2.75, 3.05) is 79.8 Å². The number of quaternary nitrogens is 2. The Bertz CT molecular complexity index is 257. The SMILES string of the molecule is C[N+]1(CCCCCCC[N+]2(C)CCOCC2)CCOCC1. The highest BCUT2D eigenvalue weighted by molar-refractivity contribution is 4.51. The summed E-state index contributed by atoms with van der Waals surface area (Å²) in [5.74, 6) is 0. The van der Waals surface area contributed by atoms with Crippen LogP contribution in [0, 0.1) is 0 Å². The van der Waals surface area contributed by atoms with E-state index >= 15 is 0 Å². The van der Waals surface area contributed by atoms with Crippen molar-refractivity contribution >= 4 is 0 Å². The van der Waals surface area contributed by atoms with Crippen LogP contribution in [0.15, 0.2) is 0 Å². The molecule has 0 saturated carbocycles. The first-order valence-electron chi connectivity index (χ1n) is 8.95. The van der Waals surface area contributed by atoms with Crippen molar-refractivity contribution in [3.63, 3.8) is 0 Å². The van der Waals surface area contributed by atoms with Gasteiger partial charge in [-0.05, 0) is 25.7 Å². The maximum atomic E-state index is 5.47. The summed E-state index contributed by atoms with van der Waals surface area (Å²) in [5, 5.41) is 0. The average Bonchev–Trinajstić information content (AvgIpc) is 2.47. The summed E-state index contributed by atoms with van der Waals surface area (Å²) in [5.41, 5.74) is 0. The Balaban J connectivity index is 1.46. The fraction of sp³-hybridized carbons (Fsp3) is 1.00. The standard InChI is InChI=1S/C17H36N2O2/c1-18(10-14-20-15-11-18)8-6-4-3-5-7-9-19(2)12-16-21-17-13-19/h3-17H2,1-2H3/q+2. The van der Waals surface area contributed by atoms with Crippen molar-refractivity contribution < 1.29 is 18.4 Å². The quantitative estimate of drug-likeness (QED) is 0.503. The molecule has 2 rings (SSSR count). The number of hydrogen-bond donors (Lipinski definition) is 0. The van der Waals surface area contributed by atoms with Gasteiger partial charge in [-0.15, -0.1) is 0 Å². The molecule has 0 amide bonds. The number of nitrogens with zero attached hydrogens (tertiary/aromatic N) is 2. The zero-order valence-electron chi connectivity index (χ0n) is 14.3. The van der Waals surface area contributed by atoms with Crippen molar-refractivity contribution in [1.29, 1.82) is 0 Å². The highest BCUT2D eigenvalue weighted by atomic mass is 16.5. The number of hydrogen-bond acceptors (Lipinski definition) is 2. The van der Waals surface area contributed by atoms with E-state index in [1.54, 1.807) is 0 Å². The summed E-state index contributed by atoms with van der Waals surface area (Å²) >= 11 is 0. The van der Waals surface area contributed by atoms with E-state index < -0.39 is 0 Å². The third kappa shape index (κ3) is 6.23. The predicted octanol–water partition coefficient (Wildman–Crippen LogP) is 1.89. The molecule has 4 nitrogen and oxygen atoms in total. The molecule has 0 N–H and O–H groups in total. The minimum absolute atomic E-state index is 0.955. The van der Waals surface area contributed by atoms with Crippen molar-refractivity contribution in [1.82, 2.24) is 0 Å². The maximum absolute atomic E-state index is 5.47. The molecule has 0 aliphatic carbocycles. The molecule has 2 aliphatic rings. The van der Waals surface area contributed by atoms with Gasteiger partial charge in [-0.2, -0.15) is 0 Å². The Kier molecular flexibility index (Phi) is 6.93. The Morgan fingerprint density at radius 1 is 0.571 bits per heavy atom. The molecule has 2 heterocycles. The number of morpholine rings is 2. The van der Waals surface area contributed by atoms with E-state index in [1.807, 2.05) is 0 Å². The van der Waals surface area contributed by atoms with Crippen LogP contribution in [0.2, 0.25) is 0 Å². The summed E-state index contributed by atoms with van der Waals surface area (Å²) in [6.07, 6.45) is 6.99. The highest BCUT2D eigenvalue weighted by Gasteiger charge is 2.25. The molecule has 124 valence electrons. The van der Waals surface area contributed by atoms with Crippen LogP contribution in [-0.4, -0.2) is 88.8 Å². The Morgan fingerprint density at radius 2 is 0.905 bits per heavy atom. The first-order chi connectivity index (χ1) is 10.1. The van der Waals surface area contributed by atoms with Crippen LogP contribution in [0.4, 0.5) is 0 Å². The average molecular weight is 300 g/mol. The molecular weight excluding hydrogens is 264 g/mol. The minimum atomic E-state index is 0.955. The van der Waals surface area contributed by atoms with Gasteiger partial charge in [0, 0.05) is 0 Å². The van der Waals surface area contributed by atoms with Gasteiger partial charge in [-0.1, -0.05) is 6.42 Å². The number of rotatable bonds is 8. The van der Waals surface area contributed by atoms with Gasteiger partial charge >= 0.3 is 0 Å². The number of likely N-dealkylation sites (N-methyl/N-ethyl adjacent to an activating group) is 2. The summed E-state index contributed by atoms with van der Waals surface area (Å²) in [6, 6.07) is 0.